The molecule has 3 saturated heterocycles. The van der Waals surface area contributed by atoms with Crippen molar-refractivity contribution in [1.29, 1.82) is 0 Å². The summed E-state index contributed by atoms with van der Waals surface area (Å²) < 4.78 is 5.40. The highest BCUT2D eigenvalue weighted by Gasteiger charge is 2.34. The molecule has 1 amide bonds. The Morgan fingerprint density at radius 2 is 1.86 bits per heavy atom. The molecule has 120 valence electrons. The van der Waals surface area contributed by atoms with Gasteiger partial charge in [-0.25, -0.2) is 0 Å². The highest BCUT2D eigenvalue weighted by atomic mass is 16.5. The number of morpholine rings is 1. The maximum Gasteiger partial charge on any atom is 0.239 e. The Bertz CT molecular complexity index is 349. The van der Waals surface area contributed by atoms with Gasteiger partial charge in [0.15, 0.2) is 0 Å². The molecular weight excluding hydrogens is 266 g/mol. The number of carbonyl (C=O) groups is 1. The van der Waals surface area contributed by atoms with Crippen LogP contribution in [0.3, 0.4) is 0 Å². The fourth-order valence-electron chi connectivity index (χ4n) is 3.85. The minimum Gasteiger partial charge on any atom is -0.379 e. The predicted octanol–water partition coefficient (Wildman–Crippen LogP) is 0.555. The highest BCUT2D eigenvalue weighted by Crippen LogP contribution is 2.22. The van der Waals surface area contributed by atoms with Gasteiger partial charge >= 0.3 is 0 Å². The molecule has 3 rings (SSSR count). The average Bonchev–Trinajstić information content (AvgIpc) is 2.94. The van der Waals surface area contributed by atoms with E-state index in [0.29, 0.717) is 11.8 Å². The lowest BCUT2D eigenvalue weighted by atomic mass is 9.94. The molecule has 0 aromatic rings. The monoisotopic (exact) mass is 295 g/mol. The van der Waals surface area contributed by atoms with Gasteiger partial charge in [-0.3, -0.25) is 9.69 Å². The molecule has 0 saturated carbocycles. The highest BCUT2D eigenvalue weighted by molar-refractivity contribution is 5.82. The van der Waals surface area contributed by atoms with Crippen LogP contribution in [0, 0.1) is 11.8 Å². The second-order valence-electron chi connectivity index (χ2n) is 6.88. The maximum atomic E-state index is 12.5. The van der Waals surface area contributed by atoms with Crippen molar-refractivity contribution in [2.75, 3.05) is 52.5 Å². The minimum absolute atomic E-state index is 0.0702. The van der Waals surface area contributed by atoms with Crippen molar-refractivity contribution in [3.8, 4) is 0 Å². The predicted molar refractivity (Wildman–Crippen MR) is 82.1 cm³/mol. The van der Waals surface area contributed by atoms with Crippen LogP contribution in [0.5, 0.6) is 0 Å². The van der Waals surface area contributed by atoms with E-state index in [-0.39, 0.29) is 6.04 Å². The van der Waals surface area contributed by atoms with E-state index in [9.17, 15) is 4.79 Å². The molecule has 3 fully saturated rings. The lowest BCUT2D eigenvalue weighted by Crippen LogP contribution is -2.50. The summed E-state index contributed by atoms with van der Waals surface area (Å²) in [4.78, 5) is 17.2. The summed E-state index contributed by atoms with van der Waals surface area (Å²) in [7, 11) is 0. The number of hydrogen-bond donors (Lipinski definition) is 1. The van der Waals surface area contributed by atoms with Crippen LogP contribution in [0.4, 0.5) is 0 Å². The summed E-state index contributed by atoms with van der Waals surface area (Å²) in [5, 5.41) is 3.37. The number of nitrogens with one attached hydrogen (secondary N) is 1. The zero-order valence-corrected chi connectivity index (χ0v) is 13.2. The zero-order chi connectivity index (χ0) is 14.7. The Hall–Kier alpha value is -0.650. The number of ether oxygens (including phenoxy) is 1. The molecule has 0 radical (unpaired) electrons. The summed E-state index contributed by atoms with van der Waals surface area (Å²) in [6, 6.07) is 0.0702. The summed E-state index contributed by atoms with van der Waals surface area (Å²) in [6.45, 7) is 10.1. The van der Waals surface area contributed by atoms with Crippen LogP contribution >= 0.6 is 0 Å². The summed E-state index contributed by atoms with van der Waals surface area (Å²) in [6.07, 6.45) is 3.44. The quantitative estimate of drug-likeness (QED) is 0.826. The third-order valence-corrected chi connectivity index (χ3v) is 5.35. The van der Waals surface area contributed by atoms with Gasteiger partial charge in [-0.1, -0.05) is 6.92 Å². The van der Waals surface area contributed by atoms with Gasteiger partial charge in [-0.15, -0.1) is 0 Å². The van der Waals surface area contributed by atoms with E-state index in [2.05, 4.69) is 22.0 Å². The molecule has 0 aromatic carbocycles. The van der Waals surface area contributed by atoms with Crippen molar-refractivity contribution in [3.05, 3.63) is 0 Å². The van der Waals surface area contributed by atoms with E-state index in [4.69, 9.17) is 4.74 Å². The summed E-state index contributed by atoms with van der Waals surface area (Å²) in [5.74, 6) is 1.58. The van der Waals surface area contributed by atoms with Gasteiger partial charge in [0.1, 0.15) is 0 Å². The number of nitrogens with zero attached hydrogens (tertiary/aromatic N) is 2. The Morgan fingerprint density at radius 3 is 2.48 bits per heavy atom. The number of rotatable bonds is 3. The number of carbonyl (C=O) groups excluding carboxylic acids is 1. The Labute approximate surface area is 128 Å². The van der Waals surface area contributed by atoms with Gasteiger partial charge in [-0.2, -0.15) is 0 Å². The zero-order valence-electron chi connectivity index (χ0n) is 13.2. The Balaban J connectivity index is 1.43. The van der Waals surface area contributed by atoms with Gasteiger partial charge in [0, 0.05) is 32.7 Å². The first kappa shape index (κ1) is 15.3. The van der Waals surface area contributed by atoms with Crippen molar-refractivity contribution < 1.29 is 9.53 Å². The number of hydrogen-bond acceptors (Lipinski definition) is 4. The molecule has 21 heavy (non-hydrogen) atoms. The number of amides is 1. The van der Waals surface area contributed by atoms with Gasteiger partial charge in [0.25, 0.3) is 0 Å². The third-order valence-electron chi connectivity index (χ3n) is 5.35. The van der Waals surface area contributed by atoms with Gasteiger partial charge in [0.05, 0.1) is 19.3 Å². The van der Waals surface area contributed by atoms with Crippen LogP contribution < -0.4 is 5.32 Å². The van der Waals surface area contributed by atoms with Crippen LogP contribution in [-0.2, 0) is 9.53 Å². The molecule has 0 aliphatic carbocycles. The van der Waals surface area contributed by atoms with Crippen LogP contribution in [0.1, 0.15) is 26.2 Å². The summed E-state index contributed by atoms with van der Waals surface area (Å²) in [5.41, 5.74) is 0. The third kappa shape index (κ3) is 3.76. The molecule has 0 spiro atoms. The Morgan fingerprint density at radius 1 is 1.14 bits per heavy atom. The van der Waals surface area contributed by atoms with Crippen molar-refractivity contribution in [1.82, 2.24) is 15.1 Å². The first-order valence-corrected chi connectivity index (χ1v) is 8.56. The van der Waals surface area contributed by atoms with Crippen LogP contribution in [-0.4, -0.2) is 74.2 Å². The molecule has 3 heterocycles. The number of piperidine rings is 1. The second kappa shape index (κ2) is 7.07. The largest absolute Gasteiger partial charge is 0.379 e. The molecule has 3 aliphatic heterocycles. The van der Waals surface area contributed by atoms with Gasteiger partial charge in [0.2, 0.25) is 5.91 Å². The molecule has 0 aromatic heterocycles. The van der Waals surface area contributed by atoms with E-state index in [1.165, 1.54) is 6.54 Å². The fraction of sp³-hybridized carbons (Fsp3) is 0.938. The molecule has 2 unspecified atom stereocenters. The van der Waals surface area contributed by atoms with E-state index in [0.717, 1.165) is 71.1 Å². The van der Waals surface area contributed by atoms with Crippen LogP contribution in [0.25, 0.3) is 0 Å². The van der Waals surface area contributed by atoms with Crippen LogP contribution in [0.15, 0.2) is 0 Å². The van der Waals surface area contributed by atoms with Crippen LogP contribution in [0.2, 0.25) is 0 Å². The molecule has 5 nitrogen and oxygen atoms in total. The second-order valence-corrected chi connectivity index (χ2v) is 6.88. The molecule has 3 aliphatic rings. The van der Waals surface area contributed by atoms with Crippen molar-refractivity contribution in [2.24, 2.45) is 11.8 Å². The standard InChI is InChI=1S/C16H29N3O2/c1-13-2-5-17-15(13)16(20)19-6-3-14(4-7-19)12-18-8-10-21-11-9-18/h13-15,17H,2-12H2,1H3. The van der Waals surface area contributed by atoms with E-state index >= 15 is 0 Å². The molecule has 0 bridgehead atoms. The molecule has 2 atom stereocenters. The van der Waals surface area contributed by atoms with Gasteiger partial charge in [-0.05, 0) is 37.6 Å². The first-order chi connectivity index (χ1) is 10.2. The minimum atomic E-state index is 0.0702. The van der Waals surface area contributed by atoms with E-state index in [1.807, 2.05) is 0 Å². The molecule has 1 N–H and O–H groups in total. The Kier molecular flexibility index (Phi) is 5.14. The van der Waals surface area contributed by atoms with E-state index in [1.54, 1.807) is 0 Å². The normalized spacial score (nSPS) is 32.5. The average molecular weight is 295 g/mol. The molecular formula is C16H29N3O2. The fourth-order valence-corrected chi connectivity index (χ4v) is 3.85. The molecule has 5 heteroatoms. The van der Waals surface area contributed by atoms with Crippen molar-refractivity contribution in [2.45, 2.75) is 32.2 Å². The first-order valence-electron chi connectivity index (χ1n) is 8.56. The smallest absolute Gasteiger partial charge is 0.239 e. The maximum absolute atomic E-state index is 12.5. The summed E-state index contributed by atoms with van der Waals surface area (Å²) >= 11 is 0. The van der Waals surface area contributed by atoms with E-state index < -0.39 is 0 Å². The SMILES string of the molecule is CC1CCNC1C(=O)N1CCC(CN2CCOCC2)CC1. The van der Waals surface area contributed by atoms with Crippen molar-refractivity contribution in [3.63, 3.8) is 0 Å². The lowest BCUT2D eigenvalue weighted by Gasteiger charge is -2.37. The topological polar surface area (TPSA) is 44.8 Å². The van der Waals surface area contributed by atoms with Crippen molar-refractivity contribution >= 4 is 5.91 Å². The van der Waals surface area contributed by atoms with Gasteiger partial charge < -0.3 is 15.0 Å². The lowest BCUT2D eigenvalue weighted by molar-refractivity contribution is -0.135. The number of likely N-dealkylation sites (tertiary alicyclic amines) is 1.